The Morgan fingerprint density at radius 3 is 2.68 bits per heavy atom. The molecule has 3 N–H and O–H groups in total. The van der Waals surface area contributed by atoms with Gasteiger partial charge < -0.3 is 15.1 Å². The lowest BCUT2D eigenvalue weighted by Gasteiger charge is -2.21. The van der Waals surface area contributed by atoms with Crippen LogP contribution in [0.3, 0.4) is 0 Å². The molecule has 0 aliphatic rings. The molecule has 0 aromatic heterocycles. The van der Waals surface area contributed by atoms with E-state index in [1.54, 1.807) is 11.0 Å². The third-order valence-electron chi connectivity index (χ3n) is 3.01. The van der Waals surface area contributed by atoms with E-state index in [0.29, 0.717) is 31.9 Å². The number of hydrogen-bond donors (Lipinski definition) is 2. The Hall–Kier alpha value is -1.59. The van der Waals surface area contributed by atoms with Crippen LogP contribution in [-0.4, -0.2) is 37.1 Å². The monoisotopic (exact) mass is 265 g/mol. The molecule has 5 heteroatoms. The summed E-state index contributed by atoms with van der Waals surface area (Å²) >= 11 is 0. The van der Waals surface area contributed by atoms with Crippen LogP contribution in [0.2, 0.25) is 0 Å². The van der Waals surface area contributed by atoms with Gasteiger partial charge in [0, 0.05) is 25.3 Å². The Bertz CT molecular complexity index is 421. The number of aryl methyl sites for hydroxylation is 1. The maximum Gasteiger partial charge on any atom is 0.253 e. The van der Waals surface area contributed by atoms with Crippen molar-refractivity contribution >= 4 is 11.6 Å². The van der Waals surface area contributed by atoms with Gasteiger partial charge in [-0.05, 0) is 44.5 Å². The average Bonchev–Trinajstić information content (AvgIpc) is 2.43. The number of amides is 1. The Labute approximate surface area is 114 Å². The van der Waals surface area contributed by atoms with Crippen LogP contribution in [-0.2, 0) is 4.74 Å². The third kappa shape index (κ3) is 4.22. The van der Waals surface area contributed by atoms with E-state index >= 15 is 0 Å². The summed E-state index contributed by atoms with van der Waals surface area (Å²) in [5.41, 5.74) is 5.06. The van der Waals surface area contributed by atoms with Crippen molar-refractivity contribution in [2.24, 2.45) is 5.84 Å². The van der Waals surface area contributed by atoms with Crippen molar-refractivity contribution in [3.63, 3.8) is 0 Å². The van der Waals surface area contributed by atoms with Crippen molar-refractivity contribution in [1.29, 1.82) is 0 Å². The highest BCUT2D eigenvalue weighted by atomic mass is 16.5. The molecule has 0 atom stereocenters. The standard InChI is InChI=1S/C14H23N3O2/c1-4-17(8-9-19-5-2)14(18)12-6-7-13(16-15)11(3)10-12/h6-7,10,16H,4-5,8-9,15H2,1-3H3. The molecular formula is C14H23N3O2. The highest BCUT2D eigenvalue weighted by molar-refractivity contribution is 5.94. The number of ether oxygens (including phenoxy) is 1. The molecule has 106 valence electrons. The van der Waals surface area contributed by atoms with Crippen LogP contribution in [0, 0.1) is 6.92 Å². The third-order valence-corrected chi connectivity index (χ3v) is 3.01. The number of nitrogens with two attached hydrogens (primary N) is 1. The van der Waals surface area contributed by atoms with Crippen molar-refractivity contribution in [1.82, 2.24) is 4.90 Å². The Balaban J connectivity index is 2.76. The molecule has 1 amide bonds. The molecule has 0 fully saturated rings. The fourth-order valence-corrected chi connectivity index (χ4v) is 1.86. The molecule has 0 radical (unpaired) electrons. The van der Waals surface area contributed by atoms with E-state index < -0.39 is 0 Å². The molecule has 1 rings (SSSR count). The first-order chi connectivity index (χ1) is 9.13. The SMILES string of the molecule is CCOCCN(CC)C(=O)c1ccc(NN)c(C)c1. The van der Waals surface area contributed by atoms with E-state index in [-0.39, 0.29) is 5.91 Å². The largest absolute Gasteiger partial charge is 0.380 e. The number of nitrogens with one attached hydrogen (secondary N) is 1. The van der Waals surface area contributed by atoms with Gasteiger partial charge in [-0.25, -0.2) is 0 Å². The fraction of sp³-hybridized carbons (Fsp3) is 0.500. The van der Waals surface area contributed by atoms with E-state index in [9.17, 15) is 4.79 Å². The molecule has 0 saturated carbocycles. The fourth-order valence-electron chi connectivity index (χ4n) is 1.86. The summed E-state index contributed by atoms with van der Waals surface area (Å²) in [6.45, 7) is 8.34. The predicted octanol–water partition coefficient (Wildman–Crippen LogP) is 1.78. The van der Waals surface area contributed by atoms with E-state index in [2.05, 4.69) is 5.43 Å². The zero-order valence-electron chi connectivity index (χ0n) is 11.9. The van der Waals surface area contributed by atoms with Crippen molar-refractivity contribution in [2.45, 2.75) is 20.8 Å². The lowest BCUT2D eigenvalue weighted by Crippen LogP contribution is -2.34. The molecule has 0 spiro atoms. The van der Waals surface area contributed by atoms with Gasteiger partial charge in [-0.1, -0.05) is 0 Å². The zero-order chi connectivity index (χ0) is 14.3. The lowest BCUT2D eigenvalue weighted by molar-refractivity contribution is 0.0669. The van der Waals surface area contributed by atoms with Crippen LogP contribution in [0.4, 0.5) is 5.69 Å². The number of hydrogen-bond acceptors (Lipinski definition) is 4. The first-order valence-corrected chi connectivity index (χ1v) is 6.58. The van der Waals surface area contributed by atoms with Crippen LogP contribution < -0.4 is 11.3 Å². The first-order valence-electron chi connectivity index (χ1n) is 6.58. The maximum atomic E-state index is 12.3. The summed E-state index contributed by atoms with van der Waals surface area (Å²) in [7, 11) is 0. The van der Waals surface area contributed by atoms with Gasteiger partial charge in [0.1, 0.15) is 0 Å². The van der Waals surface area contributed by atoms with Crippen LogP contribution in [0.5, 0.6) is 0 Å². The van der Waals surface area contributed by atoms with Crippen molar-refractivity contribution in [2.75, 3.05) is 31.7 Å². The van der Waals surface area contributed by atoms with E-state index in [1.165, 1.54) is 0 Å². The number of carbonyl (C=O) groups excluding carboxylic acids is 1. The number of nitrogens with zero attached hydrogens (tertiary/aromatic N) is 1. The molecule has 0 saturated heterocycles. The van der Waals surface area contributed by atoms with Crippen LogP contribution in [0.15, 0.2) is 18.2 Å². The van der Waals surface area contributed by atoms with Crippen LogP contribution >= 0.6 is 0 Å². The van der Waals surface area contributed by atoms with Gasteiger partial charge in [0.05, 0.1) is 12.3 Å². The van der Waals surface area contributed by atoms with Crippen molar-refractivity contribution in [3.05, 3.63) is 29.3 Å². The number of nitrogen functional groups attached to an aromatic ring is 1. The van der Waals surface area contributed by atoms with E-state index in [4.69, 9.17) is 10.6 Å². The average molecular weight is 265 g/mol. The molecule has 0 unspecified atom stereocenters. The summed E-state index contributed by atoms with van der Waals surface area (Å²) in [5.74, 6) is 5.40. The Morgan fingerprint density at radius 1 is 1.42 bits per heavy atom. The topological polar surface area (TPSA) is 67.6 Å². The molecule has 1 aromatic carbocycles. The van der Waals surface area contributed by atoms with Gasteiger partial charge in [-0.15, -0.1) is 0 Å². The normalized spacial score (nSPS) is 10.3. The Morgan fingerprint density at radius 2 is 2.16 bits per heavy atom. The maximum absolute atomic E-state index is 12.3. The summed E-state index contributed by atoms with van der Waals surface area (Å²) in [5, 5.41) is 0. The van der Waals surface area contributed by atoms with Gasteiger partial charge in [-0.3, -0.25) is 10.6 Å². The Kier molecular flexibility index (Phi) is 6.32. The van der Waals surface area contributed by atoms with Crippen LogP contribution in [0.1, 0.15) is 29.8 Å². The van der Waals surface area contributed by atoms with Crippen molar-refractivity contribution in [3.8, 4) is 0 Å². The summed E-state index contributed by atoms with van der Waals surface area (Å²) in [6, 6.07) is 5.45. The highest BCUT2D eigenvalue weighted by Gasteiger charge is 2.14. The second-order valence-electron chi connectivity index (χ2n) is 4.26. The smallest absolute Gasteiger partial charge is 0.253 e. The minimum atomic E-state index is 0.0221. The summed E-state index contributed by atoms with van der Waals surface area (Å²) < 4.78 is 5.29. The zero-order valence-corrected chi connectivity index (χ0v) is 11.9. The molecule has 0 heterocycles. The lowest BCUT2D eigenvalue weighted by atomic mass is 10.1. The predicted molar refractivity (Wildman–Crippen MR) is 77.1 cm³/mol. The van der Waals surface area contributed by atoms with Gasteiger partial charge in [-0.2, -0.15) is 0 Å². The number of anilines is 1. The minimum Gasteiger partial charge on any atom is -0.380 e. The number of carbonyl (C=O) groups is 1. The van der Waals surface area contributed by atoms with E-state index in [1.807, 2.05) is 32.9 Å². The van der Waals surface area contributed by atoms with Crippen LogP contribution in [0.25, 0.3) is 0 Å². The van der Waals surface area contributed by atoms with Crippen molar-refractivity contribution < 1.29 is 9.53 Å². The molecule has 0 aliphatic heterocycles. The number of hydrazine groups is 1. The molecule has 0 aliphatic carbocycles. The van der Waals surface area contributed by atoms with Gasteiger partial charge in [0.25, 0.3) is 5.91 Å². The van der Waals surface area contributed by atoms with Gasteiger partial charge in [0.15, 0.2) is 0 Å². The number of benzene rings is 1. The molecule has 1 aromatic rings. The second kappa shape index (κ2) is 7.76. The second-order valence-corrected chi connectivity index (χ2v) is 4.26. The molecule has 19 heavy (non-hydrogen) atoms. The molecular weight excluding hydrogens is 242 g/mol. The van der Waals surface area contributed by atoms with E-state index in [0.717, 1.165) is 11.3 Å². The van der Waals surface area contributed by atoms with Gasteiger partial charge in [0.2, 0.25) is 0 Å². The number of likely N-dealkylation sites (N-methyl/N-ethyl adjacent to an activating group) is 1. The highest BCUT2D eigenvalue weighted by Crippen LogP contribution is 2.16. The van der Waals surface area contributed by atoms with Gasteiger partial charge >= 0.3 is 0 Å². The molecule has 5 nitrogen and oxygen atoms in total. The first kappa shape index (κ1) is 15.5. The molecule has 0 bridgehead atoms. The number of rotatable bonds is 7. The minimum absolute atomic E-state index is 0.0221. The summed E-state index contributed by atoms with van der Waals surface area (Å²) in [4.78, 5) is 14.1. The summed E-state index contributed by atoms with van der Waals surface area (Å²) in [6.07, 6.45) is 0. The quantitative estimate of drug-likeness (QED) is 0.448.